The molecule has 6 heteroatoms. The molecule has 3 rings (SSSR count). The Kier molecular flexibility index (Phi) is 3.74. The van der Waals surface area contributed by atoms with Gasteiger partial charge in [0.1, 0.15) is 5.82 Å². The molecule has 3 aromatic rings. The van der Waals surface area contributed by atoms with E-state index in [0.29, 0.717) is 34.5 Å². The van der Waals surface area contributed by atoms with E-state index in [9.17, 15) is 4.39 Å². The van der Waals surface area contributed by atoms with Crippen LogP contribution in [0.1, 0.15) is 5.56 Å². The van der Waals surface area contributed by atoms with Crippen molar-refractivity contribution in [1.82, 2.24) is 9.55 Å². The van der Waals surface area contributed by atoms with E-state index in [2.05, 4.69) is 4.98 Å². The Balaban J connectivity index is 1.93. The van der Waals surface area contributed by atoms with Crippen molar-refractivity contribution in [1.29, 1.82) is 0 Å². The third kappa shape index (κ3) is 2.82. The fourth-order valence-electron chi connectivity index (χ4n) is 2.31. The highest BCUT2D eigenvalue weighted by Gasteiger charge is 2.11. The molecule has 21 heavy (non-hydrogen) atoms. The maximum Gasteiger partial charge on any atom is 0.201 e. The Labute approximate surface area is 131 Å². The van der Waals surface area contributed by atoms with Crippen molar-refractivity contribution in [3.8, 4) is 0 Å². The van der Waals surface area contributed by atoms with Gasteiger partial charge in [0.15, 0.2) is 0 Å². The number of fused-ring (bicyclic) bond motifs is 1. The van der Waals surface area contributed by atoms with Crippen LogP contribution in [0.25, 0.3) is 11.0 Å². The summed E-state index contributed by atoms with van der Waals surface area (Å²) in [4.78, 5) is 4.27. The summed E-state index contributed by atoms with van der Waals surface area (Å²) < 4.78 is 15.0. The average Bonchev–Trinajstić information content (AvgIpc) is 2.72. The van der Waals surface area contributed by atoms with Crippen molar-refractivity contribution in [3.63, 3.8) is 0 Å². The van der Waals surface area contributed by atoms with Crippen LogP contribution in [0, 0.1) is 5.82 Å². The minimum Gasteiger partial charge on any atom is -0.369 e. The van der Waals surface area contributed by atoms with Crippen LogP contribution in [0.5, 0.6) is 0 Å². The Hall–Kier alpha value is -1.78. The second kappa shape index (κ2) is 5.54. The molecule has 0 unspecified atom stereocenters. The van der Waals surface area contributed by atoms with Crippen LogP contribution in [0.2, 0.25) is 10.0 Å². The van der Waals surface area contributed by atoms with Crippen molar-refractivity contribution in [2.45, 2.75) is 13.0 Å². The first-order valence-electron chi connectivity index (χ1n) is 6.40. The van der Waals surface area contributed by atoms with E-state index in [-0.39, 0.29) is 5.82 Å². The van der Waals surface area contributed by atoms with Gasteiger partial charge < -0.3 is 10.3 Å². The monoisotopic (exact) mass is 323 g/mol. The lowest BCUT2D eigenvalue weighted by molar-refractivity contribution is 0.623. The van der Waals surface area contributed by atoms with Crippen molar-refractivity contribution in [3.05, 3.63) is 57.8 Å². The summed E-state index contributed by atoms with van der Waals surface area (Å²) in [6.07, 6.45) is 0.646. The molecule has 1 aromatic heterocycles. The lowest BCUT2D eigenvalue weighted by Crippen LogP contribution is -2.05. The lowest BCUT2D eigenvalue weighted by atomic mass is 10.1. The molecule has 2 N–H and O–H groups in total. The number of halogens is 3. The Morgan fingerprint density at radius 2 is 1.90 bits per heavy atom. The number of nitrogen functional groups attached to an aromatic ring is 1. The molecule has 0 radical (unpaired) electrons. The van der Waals surface area contributed by atoms with Crippen LogP contribution in [0.15, 0.2) is 36.4 Å². The fourth-order valence-corrected chi connectivity index (χ4v) is 2.62. The van der Waals surface area contributed by atoms with Crippen LogP contribution in [0.4, 0.5) is 10.3 Å². The molecule has 1 heterocycles. The summed E-state index contributed by atoms with van der Waals surface area (Å²) in [7, 11) is 0. The predicted molar refractivity (Wildman–Crippen MR) is 84.3 cm³/mol. The normalized spacial score (nSPS) is 11.2. The third-order valence-corrected chi connectivity index (χ3v) is 4.06. The first-order valence-corrected chi connectivity index (χ1v) is 7.15. The SMILES string of the molecule is Nc1nc2cc(Cl)c(Cl)cc2n1CCc1cccc(F)c1. The molecule has 0 aliphatic heterocycles. The molecule has 2 aromatic carbocycles. The Bertz CT molecular complexity index is 814. The lowest BCUT2D eigenvalue weighted by Gasteiger charge is -2.07. The van der Waals surface area contributed by atoms with Gasteiger partial charge in [0.05, 0.1) is 21.1 Å². The van der Waals surface area contributed by atoms with Crippen LogP contribution >= 0.6 is 23.2 Å². The number of nitrogens with zero attached hydrogens (tertiary/aromatic N) is 2. The number of nitrogens with two attached hydrogens (primary N) is 1. The van der Waals surface area contributed by atoms with Crippen LogP contribution in [0.3, 0.4) is 0 Å². The Morgan fingerprint density at radius 1 is 1.14 bits per heavy atom. The van der Waals surface area contributed by atoms with Crippen LogP contribution in [-0.2, 0) is 13.0 Å². The number of anilines is 1. The van der Waals surface area contributed by atoms with Gasteiger partial charge in [0, 0.05) is 6.54 Å². The summed E-state index contributed by atoms with van der Waals surface area (Å²) in [5, 5.41) is 0.898. The summed E-state index contributed by atoms with van der Waals surface area (Å²) in [5.41, 5.74) is 8.35. The highest BCUT2D eigenvalue weighted by molar-refractivity contribution is 6.42. The highest BCUT2D eigenvalue weighted by atomic mass is 35.5. The van der Waals surface area contributed by atoms with Gasteiger partial charge in [0.2, 0.25) is 5.95 Å². The van der Waals surface area contributed by atoms with Crippen LogP contribution < -0.4 is 5.73 Å². The van der Waals surface area contributed by atoms with Gasteiger partial charge >= 0.3 is 0 Å². The molecule has 0 bridgehead atoms. The second-order valence-electron chi connectivity index (χ2n) is 4.76. The minimum absolute atomic E-state index is 0.245. The number of rotatable bonds is 3. The number of aryl methyl sites for hydroxylation is 2. The van der Waals surface area contributed by atoms with Crippen molar-refractivity contribution in [2.24, 2.45) is 0 Å². The third-order valence-electron chi connectivity index (χ3n) is 3.33. The first-order chi connectivity index (χ1) is 10.0. The maximum absolute atomic E-state index is 13.2. The molecule has 3 nitrogen and oxygen atoms in total. The number of aromatic nitrogens is 2. The largest absolute Gasteiger partial charge is 0.369 e. The zero-order chi connectivity index (χ0) is 15.0. The minimum atomic E-state index is -0.245. The van der Waals surface area contributed by atoms with E-state index in [4.69, 9.17) is 28.9 Å². The van der Waals surface area contributed by atoms with Gasteiger partial charge in [-0.05, 0) is 36.2 Å². The number of hydrogen-bond acceptors (Lipinski definition) is 2. The molecule has 0 spiro atoms. The van der Waals surface area contributed by atoms with Gasteiger partial charge in [-0.2, -0.15) is 0 Å². The quantitative estimate of drug-likeness (QED) is 0.780. The number of benzene rings is 2. The van der Waals surface area contributed by atoms with Gasteiger partial charge in [0.25, 0.3) is 0 Å². The predicted octanol–water partition coefficient (Wildman–Crippen LogP) is 4.31. The van der Waals surface area contributed by atoms with E-state index >= 15 is 0 Å². The molecular formula is C15H12Cl2FN3. The molecule has 0 saturated heterocycles. The van der Waals surface area contributed by atoms with Crippen molar-refractivity contribution >= 4 is 40.2 Å². The average molecular weight is 324 g/mol. The molecule has 0 saturated carbocycles. The Morgan fingerprint density at radius 3 is 2.67 bits per heavy atom. The molecule has 0 aliphatic rings. The van der Waals surface area contributed by atoms with Gasteiger partial charge in [-0.15, -0.1) is 0 Å². The molecule has 0 aliphatic carbocycles. The molecule has 0 amide bonds. The summed E-state index contributed by atoms with van der Waals surface area (Å²) in [6, 6.07) is 9.94. The number of imidazole rings is 1. The zero-order valence-corrected chi connectivity index (χ0v) is 12.5. The maximum atomic E-state index is 13.2. The topological polar surface area (TPSA) is 43.8 Å². The highest BCUT2D eigenvalue weighted by Crippen LogP contribution is 2.29. The van der Waals surface area contributed by atoms with E-state index in [1.165, 1.54) is 12.1 Å². The smallest absolute Gasteiger partial charge is 0.201 e. The van der Waals surface area contributed by atoms with Gasteiger partial charge in [-0.1, -0.05) is 35.3 Å². The molecule has 0 fully saturated rings. The summed E-state index contributed by atoms with van der Waals surface area (Å²) >= 11 is 12.0. The van der Waals surface area contributed by atoms with Gasteiger partial charge in [-0.25, -0.2) is 9.37 Å². The van der Waals surface area contributed by atoms with E-state index in [1.54, 1.807) is 18.2 Å². The van der Waals surface area contributed by atoms with E-state index in [1.807, 2.05) is 10.6 Å². The number of hydrogen-bond donors (Lipinski definition) is 1. The van der Waals surface area contributed by atoms with E-state index in [0.717, 1.165) is 11.1 Å². The second-order valence-corrected chi connectivity index (χ2v) is 5.57. The zero-order valence-electron chi connectivity index (χ0n) is 11.0. The van der Waals surface area contributed by atoms with Gasteiger partial charge in [-0.3, -0.25) is 0 Å². The first kappa shape index (κ1) is 14.2. The van der Waals surface area contributed by atoms with Crippen molar-refractivity contribution in [2.75, 3.05) is 5.73 Å². The summed E-state index contributed by atoms with van der Waals surface area (Å²) in [6.45, 7) is 0.587. The standard InChI is InChI=1S/C15H12Cl2FN3/c16-11-7-13-14(8-12(11)17)21(15(19)20-13)5-4-9-2-1-3-10(18)6-9/h1-3,6-8H,4-5H2,(H2,19,20). The summed E-state index contributed by atoms with van der Waals surface area (Å²) in [5.74, 6) is 0.144. The van der Waals surface area contributed by atoms with Crippen molar-refractivity contribution < 1.29 is 4.39 Å². The molecule has 108 valence electrons. The fraction of sp³-hybridized carbons (Fsp3) is 0.133. The molecule has 0 atom stereocenters. The van der Waals surface area contributed by atoms with E-state index < -0.39 is 0 Å². The molecular weight excluding hydrogens is 312 g/mol. The van der Waals surface area contributed by atoms with Crippen LogP contribution in [-0.4, -0.2) is 9.55 Å².